The number of nitrogens with one attached hydrogen (secondary N) is 1. The Morgan fingerprint density at radius 3 is 2.95 bits per heavy atom. The van der Waals surface area contributed by atoms with E-state index in [0.29, 0.717) is 6.61 Å². The Bertz CT molecular complexity index is 624. The van der Waals surface area contributed by atoms with Crippen molar-refractivity contribution in [2.75, 3.05) is 19.0 Å². The predicted octanol–water partition coefficient (Wildman–Crippen LogP) is 3.56. The summed E-state index contributed by atoms with van der Waals surface area (Å²) < 4.78 is 11.2. The van der Waals surface area contributed by atoms with E-state index in [1.54, 1.807) is 7.11 Å². The van der Waals surface area contributed by atoms with Gasteiger partial charge in [-0.1, -0.05) is 35.9 Å². The monoisotopic (exact) mass is 283 g/mol. The molecule has 1 aliphatic heterocycles. The summed E-state index contributed by atoms with van der Waals surface area (Å²) in [5, 5.41) is 3.48. The lowest BCUT2D eigenvalue weighted by Crippen LogP contribution is -2.24. The fourth-order valence-electron chi connectivity index (χ4n) is 2.76. The average Bonchev–Trinajstić information content (AvgIpc) is 2.88. The van der Waals surface area contributed by atoms with Gasteiger partial charge in [-0.05, 0) is 24.6 Å². The van der Waals surface area contributed by atoms with Gasteiger partial charge in [0.05, 0.1) is 13.2 Å². The van der Waals surface area contributed by atoms with E-state index >= 15 is 0 Å². The second kappa shape index (κ2) is 6.19. The van der Waals surface area contributed by atoms with Crippen LogP contribution in [0.3, 0.4) is 0 Å². The fraction of sp³-hybridized carbons (Fsp3) is 0.333. The number of hydrogen-bond acceptors (Lipinski definition) is 3. The van der Waals surface area contributed by atoms with Crippen molar-refractivity contribution in [1.29, 1.82) is 0 Å². The summed E-state index contributed by atoms with van der Waals surface area (Å²) in [6.07, 6.45) is 1.16. The Morgan fingerprint density at radius 2 is 2.10 bits per heavy atom. The zero-order chi connectivity index (χ0) is 14.7. The van der Waals surface area contributed by atoms with Crippen LogP contribution in [0.5, 0.6) is 5.75 Å². The van der Waals surface area contributed by atoms with Crippen molar-refractivity contribution in [3.05, 3.63) is 59.2 Å². The fourth-order valence-corrected chi connectivity index (χ4v) is 2.76. The lowest BCUT2D eigenvalue weighted by Gasteiger charge is -2.15. The van der Waals surface area contributed by atoms with E-state index in [-0.39, 0.29) is 6.10 Å². The zero-order valence-corrected chi connectivity index (χ0v) is 12.6. The summed E-state index contributed by atoms with van der Waals surface area (Å²) in [5.74, 6) is 1.03. The highest BCUT2D eigenvalue weighted by molar-refractivity contribution is 5.51. The Kier molecular flexibility index (Phi) is 4.11. The number of methoxy groups -OCH3 is 1. The molecule has 0 saturated carbocycles. The van der Waals surface area contributed by atoms with Gasteiger partial charge in [0.25, 0.3) is 0 Å². The molecule has 0 fully saturated rings. The second-order valence-electron chi connectivity index (χ2n) is 5.53. The number of para-hydroxylation sites is 1. The molecular formula is C18H21NO2. The highest BCUT2D eigenvalue weighted by Gasteiger charge is 2.22. The Balaban J connectivity index is 1.62. The quantitative estimate of drug-likeness (QED) is 0.910. The molecule has 3 heteroatoms. The van der Waals surface area contributed by atoms with Crippen LogP contribution in [0, 0.1) is 6.92 Å². The van der Waals surface area contributed by atoms with Gasteiger partial charge in [0, 0.05) is 24.8 Å². The Hall–Kier alpha value is -2.00. The normalized spacial score (nSPS) is 16.4. The molecule has 0 aliphatic carbocycles. The van der Waals surface area contributed by atoms with E-state index in [2.05, 4.69) is 42.6 Å². The first-order chi connectivity index (χ1) is 10.3. The van der Waals surface area contributed by atoms with E-state index in [9.17, 15) is 0 Å². The summed E-state index contributed by atoms with van der Waals surface area (Å²) in [6, 6.07) is 14.6. The molecule has 110 valence electrons. The Labute approximate surface area is 125 Å². The van der Waals surface area contributed by atoms with Crippen molar-refractivity contribution in [2.45, 2.75) is 26.1 Å². The standard InChI is InChI=1S/C18H21NO2/c1-13-7-8-18-15(9-13)10-16(21-18)11-19-17-6-4-3-5-14(17)12-20-2/h3-9,16,19H,10-12H2,1-2H3. The van der Waals surface area contributed by atoms with Crippen molar-refractivity contribution >= 4 is 5.69 Å². The molecular weight excluding hydrogens is 262 g/mol. The third-order valence-corrected chi connectivity index (χ3v) is 3.79. The van der Waals surface area contributed by atoms with Gasteiger partial charge < -0.3 is 14.8 Å². The van der Waals surface area contributed by atoms with E-state index in [1.807, 2.05) is 12.1 Å². The van der Waals surface area contributed by atoms with Crippen LogP contribution in [0.25, 0.3) is 0 Å². The third-order valence-electron chi connectivity index (χ3n) is 3.79. The van der Waals surface area contributed by atoms with Crippen LogP contribution >= 0.6 is 0 Å². The SMILES string of the molecule is COCc1ccccc1NCC1Cc2cc(C)ccc2O1. The highest BCUT2D eigenvalue weighted by atomic mass is 16.5. The first kappa shape index (κ1) is 14.0. The minimum absolute atomic E-state index is 0.192. The molecule has 1 N–H and O–H groups in total. The maximum Gasteiger partial charge on any atom is 0.123 e. The summed E-state index contributed by atoms with van der Waals surface area (Å²) in [6.45, 7) is 3.54. The number of fused-ring (bicyclic) bond motifs is 1. The van der Waals surface area contributed by atoms with Crippen LogP contribution in [-0.4, -0.2) is 19.8 Å². The minimum Gasteiger partial charge on any atom is -0.488 e. The van der Waals surface area contributed by atoms with E-state index < -0.39 is 0 Å². The van der Waals surface area contributed by atoms with Crippen molar-refractivity contribution in [1.82, 2.24) is 0 Å². The van der Waals surface area contributed by atoms with Crippen LogP contribution in [0.2, 0.25) is 0 Å². The number of benzene rings is 2. The highest BCUT2D eigenvalue weighted by Crippen LogP contribution is 2.29. The van der Waals surface area contributed by atoms with Crippen LogP contribution in [-0.2, 0) is 17.8 Å². The minimum atomic E-state index is 0.192. The molecule has 1 atom stereocenters. The first-order valence-electron chi connectivity index (χ1n) is 7.33. The molecule has 1 aliphatic rings. The van der Waals surface area contributed by atoms with Gasteiger partial charge in [-0.15, -0.1) is 0 Å². The molecule has 1 heterocycles. The van der Waals surface area contributed by atoms with Gasteiger partial charge in [-0.25, -0.2) is 0 Å². The van der Waals surface area contributed by atoms with E-state index in [4.69, 9.17) is 9.47 Å². The van der Waals surface area contributed by atoms with Gasteiger partial charge in [-0.3, -0.25) is 0 Å². The maximum absolute atomic E-state index is 5.99. The molecule has 2 aromatic rings. The molecule has 0 radical (unpaired) electrons. The smallest absolute Gasteiger partial charge is 0.123 e. The van der Waals surface area contributed by atoms with Crippen molar-refractivity contribution in [2.24, 2.45) is 0 Å². The maximum atomic E-state index is 5.99. The third kappa shape index (κ3) is 3.19. The molecule has 3 rings (SSSR count). The van der Waals surface area contributed by atoms with E-state index in [1.165, 1.54) is 16.7 Å². The summed E-state index contributed by atoms with van der Waals surface area (Å²) in [7, 11) is 1.72. The predicted molar refractivity (Wildman–Crippen MR) is 84.9 cm³/mol. The lowest BCUT2D eigenvalue weighted by molar-refractivity contribution is 0.185. The second-order valence-corrected chi connectivity index (χ2v) is 5.53. The van der Waals surface area contributed by atoms with Crippen LogP contribution in [0.15, 0.2) is 42.5 Å². The molecule has 0 aromatic heterocycles. The molecule has 0 amide bonds. The zero-order valence-electron chi connectivity index (χ0n) is 12.6. The molecule has 0 saturated heterocycles. The van der Waals surface area contributed by atoms with Gasteiger partial charge >= 0.3 is 0 Å². The average molecular weight is 283 g/mol. The van der Waals surface area contributed by atoms with Gasteiger partial charge in [0.1, 0.15) is 11.9 Å². The molecule has 0 spiro atoms. The molecule has 21 heavy (non-hydrogen) atoms. The van der Waals surface area contributed by atoms with Gasteiger partial charge in [0.15, 0.2) is 0 Å². The number of aryl methyl sites for hydroxylation is 1. The van der Waals surface area contributed by atoms with Gasteiger partial charge in [0.2, 0.25) is 0 Å². The van der Waals surface area contributed by atoms with Crippen molar-refractivity contribution in [3.63, 3.8) is 0 Å². The van der Waals surface area contributed by atoms with Crippen molar-refractivity contribution in [3.8, 4) is 5.75 Å². The lowest BCUT2D eigenvalue weighted by atomic mass is 10.1. The number of anilines is 1. The number of rotatable bonds is 5. The molecule has 3 nitrogen and oxygen atoms in total. The van der Waals surface area contributed by atoms with Gasteiger partial charge in [-0.2, -0.15) is 0 Å². The largest absolute Gasteiger partial charge is 0.488 e. The first-order valence-corrected chi connectivity index (χ1v) is 7.33. The van der Waals surface area contributed by atoms with Crippen molar-refractivity contribution < 1.29 is 9.47 Å². The van der Waals surface area contributed by atoms with Crippen LogP contribution in [0.4, 0.5) is 5.69 Å². The number of hydrogen-bond donors (Lipinski definition) is 1. The summed E-state index contributed by atoms with van der Waals surface area (Å²) >= 11 is 0. The molecule has 2 aromatic carbocycles. The molecule has 1 unspecified atom stereocenters. The van der Waals surface area contributed by atoms with E-state index in [0.717, 1.165) is 24.4 Å². The van der Waals surface area contributed by atoms with Crippen LogP contribution < -0.4 is 10.1 Å². The number of ether oxygens (including phenoxy) is 2. The molecule has 0 bridgehead atoms. The van der Waals surface area contributed by atoms with Crippen LogP contribution in [0.1, 0.15) is 16.7 Å². The summed E-state index contributed by atoms with van der Waals surface area (Å²) in [4.78, 5) is 0. The Morgan fingerprint density at radius 1 is 1.24 bits per heavy atom. The topological polar surface area (TPSA) is 30.5 Å². The summed E-state index contributed by atoms with van der Waals surface area (Å²) in [5.41, 5.74) is 4.89.